The van der Waals surface area contributed by atoms with Crippen LogP contribution in [-0.4, -0.2) is 36.9 Å². The van der Waals surface area contributed by atoms with Crippen LogP contribution in [-0.2, 0) is 31.9 Å². The number of aliphatic hydroxyl groups excluding tert-OH is 1. The van der Waals surface area contributed by atoms with Crippen LogP contribution in [0.5, 0.6) is 0 Å². The molecule has 2 aliphatic rings. The third-order valence-electron chi connectivity index (χ3n) is 9.13. The van der Waals surface area contributed by atoms with Crippen LogP contribution in [0.25, 0.3) is 0 Å². The highest BCUT2D eigenvalue weighted by Gasteiger charge is 2.34. The summed E-state index contributed by atoms with van der Waals surface area (Å²) < 4.78 is 10.9. The summed E-state index contributed by atoms with van der Waals surface area (Å²) in [5.74, 6) is 1.72. The average Bonchev–Trinajstić information content (AvgIpc) is 2.96. The molecule has 0 radical (unpaired) electrons. The number of carbonyl (C=O) groups excluding carboxylic acids is 2. The maximum absolute atomic E-state index is 12.1. The second kappa shape index (κ2) is 16.0. The lowest BCUT2D eigenvalue weighted by atomic mass is 9.67. The van der Waals surface area contributed by atoms with E-state index in [9.17, 15) is 9.59 Å². The highest BCUT2D eigenvalue weighted by Crippen LogP contribution is 2.43. The van der Waals surface area contributed by atoms with E-state index in [4.69, 9.17) is 14.6 Å². The second-order valence-electron chi connectivity index (χ2n) is 12.1. The zero-order chi connectivity index (χ0) is 28.2. The number of hydrogen-bond acceptors (Lipinski definition) is 5. The molecule has 2 aliphatic carbocycles. The largest absolute Gasteiger partial charge is 0.462 e. The topological polar surface area (TPSA) is 72.8 Å². The van der Waals surface area contributed by atoms with Gasteiger partial charge in [0.05, 0.1) is 25.4 Å². The van der Waals surface area contributed by atoms with E-state index < -0.39 is 18.5 Å². The van der Waals surface area contributed by atoms with E-state index in [0.717, 1.165) is 30.6 Å². The molecule has 3 rings (SSSR count). The van der Waals surface area contributed by atoms with E-state index in [1.54, 1.807) is 6.92 Å². The van der Waals surface area contributed by atoms with Gasteiger partial charge in [-0.3, -0.25) is 0 Å². The van der Waals surface area contributed by atoms with Gasteiger partial charge in [-0.1, -0.05) is 63.6 Å². The fourth-order valence-corrected chi connectivity index (χ4v) is 6.54. The molecule has 1 atom stereocenters. The van der Waals surface area contributed by atoms with Crippen LogP contribution < -0.4 is 0 Å². The lowest BCUT2D eigenvalue weighted by Crippen LogP contribution is -2.33. The van der Waals surface area contributed by atoms with Gasteiger partial charge in [-0.15, -0.1) is 0 Å². The van der Waals surface area contributed by atoms with E-state index >= 15 is 0 Å². The molecule has 0 heterocycles. The summed E-state index contributed by atoms with van der Waals surface area (Å²) in [7, 11) is 0. The van der Waals surface area contributed by atoms with Gasteiger partial charge in [-0.2, -0.15) is 0 Å². The zero-order valence-corrected chi connectivity index (χ0v) is 24.3. The number of rotatable bonds is 14. The number of aliphatic hydroxyl groups is 1. The minimum Gasteiger partial charge on any atom is -0.462 e. The van der Waals surface area contributed by atoms with Crippen LogP contribution in [0.15, 0.2) is 48.6 Å². The van der Waals surface area contributed by atoms with Gasteiger partial charge in [-0.05, 0) is 99.5 Å². The van der Waals surface area contributed by atoms with Crippen LogP contribution in [0.1, 0.15) is 89.2 Å². The van der Waals surface area contributed by atoms with Crippen LogP contribution in [0, 0.1) is 29.6 Å². The monoisotopic (exact) mass is 538 g/mol. The van der Waals surface area contributed by atoms with Crippen molar-refractivity contribution in [1.82, 2.24) is 0 Å². The van der Waals surface area contributed by atoms with Gasteiger partial charge in [0.1, 0.15) is 0 Å². The molecule has 1 N–H and O–H groups in total. The SMILES string of the molecule is C=C(C)C(=O)OCC(COC(=O)C(=C)CO)C1CCC(C2CCC(CCc3ccc(CCC)cc3)CC2)CC1. The first kappa shape index (κ1) is 31.1. The second-order valence-corrected chi connectivity index (χ2v) is 12.1. The average molecular weight is 539 g/mol. The Hall–Kier alpha value is -2.40. The molecule has 1 aromatic carbocycles. The van der Waals surface area contributed by atoms with Gasteiger partial charge < -0.3 is 14.6 Å². The summed E-state index contributed by atoms with van der Waals surface area (Å²) in [5.41, 5.74) is 3.33. The minimum absolute atomic E-state index is 0.0388. The Labute approximate surface area is 236 Å². The molecule has 0 bridgehead atoms. The van der Waals surface area contributed by atoms with Gasteiger partial charge in [0.2, 0.25) is 0 Å². The Balaban J connectivity index is 1.43. The predicted octanol–water partition coefficient (Wildman–Crippen LogP) is 7.01. The fraction of sp³-hybridized carbons (Fsp3) is 0.647. The molecular weight excluding hydrogens is 488 g/mol. The van der Waals surface area contributed by atoms with Gasteiger partial charge in [-0.25, -0.2) is 9.59 Å². The maximum atomic E-state index is 12.1. The van der Waals surface area contributed by atoms with E-state index in [-0.39, 0.29) is 24.7 Å². The van der Waals surface area contributed by atoms with Crippen molar-refractivity contribution in [2.24, 2.45) is 29.6 Å². The molecule has 39 heavy (non-hydrogen) atoms. The number of ether oxygens (including phenoxy) is 2. The Kier molecular flexibility index (Phi) is 12.8. The van der Waals surface area contributed by atoms with Gasteiger partial charge >= 0.3 is 11.9 Å². The molecule has 0 aromatic heterocycles. The number of aryl methyl sites for hydroxylation is 2. The van der Waals surface area contributed by atoms with E-state index in [1.807, 2.05) is 0 Å². The van der Waals surface area contributed by atoms with Crippen molar-refractivity contribution in [3.63, 3.8) is 0 Å². The normalized spacial score (nSPS) is 24.0. The van der Waals surface area contributed by atoms with E-state index in [1.165, 1.54) is 75.3 Å². The molecule has 1 aromatic rings. The quantitative estimate of drug-likeness (QED) is 0.204. The van der Waals surface area contributed by atoms with Crippen molar-refractivity contribution in [3.05, 3.63) is 59.7 Å². The van der Waals surface area contributed by atoms with Crippen LogP contribution >= 0.6 is 0 Å². The maximum Gasteiger partial charge on any atom is 0.335 e. The Morgan fingerprint density at radius 3 is 1.87 bits per heavy atom. The summed E-state index contributed by atoms with van der Waals surface area (Å²) in [5, 5.41) is 9.15. The van der Waals surface area contributed by atoms with Crippen molar-refractivity contribution in [2.75, 3.05) is 19.8 Å². The summed E-state index contributed by atoms with van der Waals surface area (Å²) in [6.45, 7) is 11.0. The van der Waals surface area contributed by atoms with Crippen molar-refractivity contribution < 1.29 is 24.2 Å². The highest BCUT2D eigenvalue weighted by molar-refractivity contribution is 5.88. The Morgan fingerprint density at radius 2 is 1.36 bits per heavy atom. The molecule has 0 saturated heterocycles. The van der Waals surface area contributed by atoms with Crippen LogP contribution in [0.2, 0.25) is 0 Å². The predicted molar refractivity (Wildman–Crippen MR) is 156 cm³/mol. The van der Waals surface area contributed by atoms with Crippen molar-refractivity contribution in [2.45, 2.75) is 90.9 Å². The van der Waals surface area contributed by atoms with Gasteiger partial charge in [0.25, 0.3) is 0 Å². The standard InChI is InChI=1S/C34H50O5/c1-5-6-26-7-9-27(10-8-26)11-12-28-13-15-29(16-14-28)30-17-19-31(20-18-30)32(22-38-33(36)24(2)3)23-39-34(37)25(4)21-35/h7-10,28-32,35H,2,4-6,11-23H2,1,3H3. The van der Waals surface area contributed by atoms with Crippen molar-refractivity contribution in [1.29, 1.82) is 0 Å². The van der Waals surface area contributed by atoms with Crippen molar-refractivity contribution >= 4 is 11.9 Å². The minimum atomic E-state index is -0.590. The Bertz CT molecular complexity index is 933. The van der Waals surface area contributed by atoms with Crippen LogP contribution in [0.3, 0.4) is 0 Å². The molecule has 0 aliphatic heterocycles. The smallest absolute Gasteiger partial charge is 0.335 e. The molecule has 2 fully saturated rings. The summed E-state index contributed by atoms with van der Waals surface area (Å²) in [6, 6.07) is 9.26. The van der Waals surface area contributed by atoms with Gasteiger partial charge in [0.15, 0.2) is 0 Å². The third-order valence-corrected chi connectivity index (χ3v) is 9.13. The molecular formula is C34H50O5. The fourth-order valence-electron chi connectivity index (χ4n) is 6.54. The summed E-state index contributed by atoms with van der Waals surface area (Å²) in [6.07, 6.45) is 14.8. The third kappa shape index (κ3) is 9.94. The molecule has 5 heteroatoms. The molecule has 0 spiro atoms. The van der Waals surface area contributed by atoms with E-state index in [2.05, 4.69) is 44.3 Å². The number of hydrogen-bond donors (Lipinski definition) is 1. The van der Waals surface area contributed by atoms with E-state index in [0.29, 0.717) is 11.5 Å². The summed E-state index contributed by atoms with van der Waals surface area (Å²) >= 11 is 0. The van der Waals surface area contributed by atoms with Crippen molar-refractivity contribution in [3.8, 4) is 0 Å². The molecule has 2 saturated carbocycles. The number of carbonyl (C=O) groups is 2. The number of esters is 2. The van der Waals surface area contributed by atoms with Gasteiger partial charge in [0, 0.05) is 11.5 Å². The zero-order valence-electron chi connectivity index (χ0n) is 24.3. The highest BCUT2D eigenvalue weighted by atomic mass is 16.5. The summed E-state index contributed by atoms with van der Waals surface area (Å²) in [4.78, 5) is 24.0. The molecule has 5 nitrogen and oxygen atoms in total. The first-order valence-electron chi connectivity index (χ1n) is 15.2. The lowest BCUT2D eigenvalue weighted by Gasteiger charge is -2.39. The first-order valence-corrected chi connectivity index (χ1v) is 15.2. The van der Waals surface area contributed by atoms with Crippen LogP contribution in [0.4, 0.5) is 0 Å². The molecule has 216 valence electrons. The number of benzene rings is 1. The first-order chi connectivity index (χ1) is 18.8. The molecule has 1 unspecified atom stereocenters. The molecule has 0 amide bonds. The Morgan fingerprint density at radius 1 is 0.846 bits per heavy atom. The lowest BCUT2D eigenvalue weighted by molar-refractivity contribution is -0.146.